The van der Waals surface area contributed by atoms with Gasteiger partial charge in [0.25, 0.3) is 0 Å². The summed E-state index contributed by atoms with van der Waals surface area (Å²) in [5.41, 5.74) is 14.8. The molecule has 2 nitrogen and oxygen atoms in total. The highest BCUT2D eigenvalue weighted by Gasteiger charge is 2.48. The molecule has 1 aliphatic rings. The normalized spacial score (nSPS) is 15.5. The molecule has 0 N–H and O–H groups in total. The molecule has 0 aliphatic heterocycles. The Labute approximate surface area is 348 Å². The Bertz CT molecular complexity index is 2720. The molecule has 0 saturated heterocycles. The van der Waals surface area contributed by atoms with Crippen LogP contribution in [-0.2, 0) is 5.41 Å². The predicted molar refractivity (Wildman–Crippen MR) is 247 cm³/mol. The molecule has 284 valence electrons. The standard InChI is InChI=1S/C57H45NO/c1-4-19-55(59-54-31-17-14-20-41(54)2)56-42(3)57(47-25-12-7-13-26-47,53-30-16-15-29-52(53)56)48-27-18-28-51(40-48)58(49-36-32-45(33-37-49)43-21-8-5-9-22-43)50-38-34-46(35-39-50)44-23-10-6-11-24-44/h4-40H,3H2,1-2H3/b19-4-,56-55-. The summed E-state index contributed by atoms with van der Waals surface area (Å²) < 4.78 is 6.85. The van der Waals surface area contributed by atoms with Gasteiger partial charge in [0.05, 0.1) is 5.41 Å². The number of rotatable bonds is 10. The number of hydrogen-bond donors (Lipinski definition) is 0. The van der Waals surface area contributed by atoms with Crippen LogP contribution in [0.5, 0.6) is 5.75 Å². The number of nitrogens with zero attached hydrogens (tertiary/aromatic N) is 1. The van der Waals surface area contributed by atoms with Crippen LogP contribution in [0.25, 0.3) is 27.8 Å². The molecule has 9 rings (SSSR count). The van der Waals surface area contributed by atoms with Gasteiger partial charge >= 0.3 is 0 Å². The second kappa shape index (κ2) is 16.2. The molecular weight excluding hydrogens is 715 g/mol. The fourth-order valence-corrected chi connectivity index (χ4v) is 8.64. The Kier molecular flexibility index (Phi) is 10.2. The molecule has 0 fully saturated rings. The molecule has 0 saturated carbocycles. The third kappa shape index (κ3) is 6.89. The van der Waals surface area contributed by atoms with E-state index in [2.05, 4.69) is 212 Å². The number of benzene rings is 8. The lowest BCUT2D eigenvalue weighted by atomic mass is 9.68. The third-order valence-corrected chi connectivity index (χ3v) is 11.4. The largest absolute Gasteiger partial charge is 0.456 e. The molecule has 59 heavy (non-hydrogen) atoms. The SMILES string of the molecule is C=C1/C(=C(\C=C/C)Oc2ccccc2C)c2ccccc2C1(c1ccccc1)c1cccc(N(c2ccc(-c3ccccc3)cc2)c2ccc(-c3ccccc3)cc2)c1. The van der Waals surface area contributed by atoms with Gasteiger partial charge < -0.3 is 9.64 Å². The van der Waals surface area contributed by atoms with Crippen LogP contribution in [0, 0.1) is 6.92 Å². The lowest BCUT2D eigenvalue weighted by Crippen LogP contribution is -2.28. The first kappa shape index (κ1) is 37.2. The zero-order chi connectivity index (χ0) is 40.2. The summed E-state index contributed by atoms with van der Waals surface area (Å²) in [4.78, 5) is 2.36. The van der Waals surface area contributed by atoms with Crippen molar-refractivity contribution in [1.82, 2.24) is 0 Å². The van der Waals surface area contributed by atoms with E-state index in [0.29, 0.717) is 0 Å². The van der Waals surface area contributed by atoms with Crippen LogP contribution in [0.15, 0.2) is 242 Å². The Morgan fingerprint density at radius 1 is 0.508 bits per heavy atom. The monoisotopic (exact) mass is 759 g/mol. The minimum Gasteiger partial charge on any atom is -0.456 e. The predicted octanol–water partition coefficient (Wildman–Crippen LogP) is 15.1. The van der Waals surface area contributed by atoms with E-state index in [1.54, 1.807) is 0 Å². The van der Waals surface area contributed by atoms with Crippen molar-refractivity contribution in [1.29, 1.82) is 0 Å². The van der Waals surface area contributed by atoms with Gasteiger partial charge in [-0.05, 0) is 118 Å². The van der Waals surface area contributed by atoms with Crippen molar-refractivity contribution in [2.75, 3.05) is 4.90 Å². The summed E-state index contributed by atoms with van der Waals surface area (Å²) in [6, 6.07) is 75.6. The Morgan fingerprint density at radius 3 is 1.61 bits per heavy atom. The topological polar surface area (TPSA) is 12.5 Å². The van der Waals surface area contributed by atoms with Gasteiger partial charge in [-0.3, -0.25) is 0 Å². The van der Waals surface area contributed by atoms with E-state index in [1.807, 2.05) is 31.2 Å². The van der Waals surface area contributed by atoms with E-state index < -0.39 is 5.41 Å². The molecule has 8 aromatic rings. The minimum atomic E-state index is -0.717. The maximum Gasteiger partial charge on any atom is 0.135 e. The molecule has 0 spiro atoms. The summed E-state index contributed by atoms with van der Waals surface area (Å²) in [6.07, 6.45) is 4.12. The first-order valence-electron chi connectivity index (χ1n) is 20.2. The summed E-state index contributed by atoms with van der Waals surface area (Å²) in [7, 11) is 0. The van der Waals surface area contributed by atoms with Gasteiger partial charge in [-0.15, -0.1) is 0 Å². The van der Waals surface area contributed by atoms with Crippen LogP contribution in [-0.4, -0.2) is 0 Å². The van der Waals surface area contributed by atoms with Gasteiger partial charge in [0.15, 0.2) is 0 Å². The molecule has 0 heterocycles. The fourth-order valence-electron chi connectivity index (χ4n) is 8.64. The molecule has 1 unspecified atom stereocenters. The van der Waals surface area contributed by atoms with Crippen molar-refractivity contribution in [3.8, 4) is 28.0 Å². The van der Waals surface area contributed by atoms with Crippen LogP contribution in [0.2, 0.25) is 0 Å². The molecule has 0 radical (unpaired) electrons. The smallest absolute Gasteiger partial charge is 0.135 e. The number of ether oxygens (including phenoxy) is 1. The molecule has 1 atom stereocenters. The van der Waals surface area contributed by atoms with E-state index in [0.717, 1.165) is 62.0 Å². The number of fused-ring (bicyclic) bond motifs is 1. The first-order chi connectivity index (χ1) is 29.1. The van der Waals surface area contributed by atoms with E-state index in [1.165, 1.54) is 27.8 Å². The van der Waals surface area contributed by atoms with E-state index >= 15 is 0 Å². The number of allylic oxidation sites excluding steroid dienone is 4. The van der Waals surface area contributed by atoms with Gasteiger partial charge in [0.2, 0.25) is 0 Å². The van der Waals surface area contributed by atoms with Crippen molar-refractivity contribution < 1.29 is 4.74 Å². The molecule has 8 aromatic carbocycles. The van der Waals surface area contributed by atoms with Crippen molar-refractivity contribution in [2.45, 2.75) is 19.3 Å². The fraction of sp³-hybridized carbons (Fsp3) is 0.0526. The second-order valence-electron chi connectivity index (χ2n) is 15.0. The van der Waals surface area contributed by atoms with E-state index in [4.69, 9.17) is 11.3 Å². The molecule has 1 aliphatic carbocycles. The van der Waals surface area contributed by atoms with Gasteiger partial charge in [0.1, 0.15) is 11.5 Å². The maximum atomic E-state index is 6.85. The zero-order valence-corrected chi connectivity index (χ0v) is 33.4. The highest BCUT2D eigenvalue weighted by molar-refractivity contribution is 5.96. The summed E-state index contributed by atoms with van der Waals surface area (Å²) in [6.45, 7) is 9.12. The lowest BCUT2D eigenvalue weighted by molar-refractivity contribution is 0.443. The Balaban J connectivity index is 1.24. The van der Waals surface area contributed by atoms with Crippen LogP contribution >= 0.6 is 0 Å². The number of aryl methyl sites for hydroxylation is 1. The molecule has 2 heteroatoms. The van der Waals surface area contributed by atoms with Gasteiger partial charge in [-0.1, -0.05) is 183 Å². The van der Waals surface area contributed by atoms with Gasteiger partial charge in [0, 0.05) is 22.6 Å². The Morgan fingerprint density at radius 2 is 1.02 bits per heavy atom. The van der Waals surface area contributed by atoms with Crippen molar-refractivity contribution in [3.05, 3.63) is 270 Å². The van der Waals surface area contributed by atoms with Crippen LogP contribution < -0.4 is 9.64 Å². The zero-order valence-electron chi connectivity index (χ0n) is 33.4. The highest BCUT2D eigenvalue weighted by Crippen LogP contribution is 2.58. The molecule has 0 bridgehead atoms. The first-order valence-corrected chi connectivity index (χ1v) is 20.2. The second-order valence-corrected chi connectivity index (χ2v) is 15.0. The maximum absolute atomic E-state index is 6.85. The lowest BCUT2D eigenvalue weighted by Gasteiger charge is -2.35. The third-order valence-electron chi connectivity index (χ3n) is 11.4. The van der Waals surface area contributed by atoms with Gasteiger partial charge in [-0.25, -0.2) is 0 Å². The van der Waals surface area contributed by atoms with Gasteiger partial charge in [-0.2, -0.15) is 0 Å². The van der Waals surface area contributed by atoms with Crippen LogP contribution in [0.3, 0.4) is 0 Å². The minimum absolute atomic E-state index is 0.717. The molecule has 0 aromatic heterocycles. The molecule has 0 amide bonds. The Hall–Kier alpha value is -7.42. The highest BCUT2D eigenvalue weighted by atomic mass is 16.5. The molecular formula is C57H45NO. The van der Waals surface area contributed by atoms with Crippen molar-refractivity contribution in [2.24, 2.45) is 0 Å². The van der Waals surface area contributed by atoms with E-state index in [9.17, 15) is 0 Å². The quantitative estimate of drug-likeness (QED) is 0.129. The average molecular weight is 760 g/mol. The number of hydrogen-bond acceptors (Lipinski definition) is 2. The summed E-state index contributed by atoms with van der Waals surface area (Å²) in [5, 5.41) is 0. The van der Waals surface area contributed by atoms with Crippen LogP contribution in [0.1, 0.15) is 34.7 Å². The van der Waals surface area contributed by atoms with Crippen molar-refractivity contribution >= 4 is 22.6 Å². The summed E-state index contributed by atoms with van der Waals surface area (Å²) in [5.74, 6) is 1.59. The summed E-state index contributed by atoms with van der Waals surface area (Å²) >= 11 is 0. The average Bonchev–Trinajstić information content (AvgIpc) is 3.56. The number of para-hydroxylation sites is 1. The van der Waals surface area contributed by atoms with Crippen molar-refractivity contribution in [3.63, 3.8) is 0 Å². The number of anilines is 3. The van der Waals surface area contributed by atoms with Crippen LogP contribution in [0.4, 0.5) is 17.1 Å². The van der Waals surface area contributed by atoms with E-state index in [-0.39, 0.29) is 0 Å².